The van der Waals surface area contributed by atoms with Crippen LogP contribution in [0.3, 0.4) is 0 Å². The molecule has 1 aliphatic rings. The van der Waals surface area contributed by atoms with Crippen molar-refractivity contribution < 1.29 is 4.79 Å². The van der Waals surface area contributed by atoms with E-state index in [1.165, 1.54) is 6.42 Å². The smallest absolute Gasteiger partial charge is 0.254 e. The Labute approximate surface area is 139 Å². The fourth-order valence-electron chi connectivity index (χ4n) is 2.93. The van der Waals surface area contributed by atoms with Crippen LogP contribution >= 0.6 is 15.9 Å². The molecule has 1 atom stereocenters. The molecule has 0 bridgehead atoms. The summed E-state index contributed by atoms with van der Waals surface area (Å²) < 4.78 is 2.84. The highest BCUT2D eigenvalue weighted by molar-refractivity contribution is 9.10. The molecule has 0 saturated carbocycles. The van der Waals surface area contributed by atoms with Gasteiger partial charge in [0, 0.05) is 24.3 Å². The van der Waals surface area contributed by atoms with E-state index >= 15 is 0 Å². The minimum absolute atomic E-state index is 0.153. The highest BCUT2D eigenvalue weighted by atomic mass is 79.9. The van der Waals surface area contributed by atoms with Crippen molar-refractivity contribution in [2.45, 2.75) is 38.8 Å². The van der Waals surface area contributed by atoms with Gasteiger partial charge >= 0.3 is 0 Å². The second kappa shape index (κ2) is 6.65. The van der Waals surface area contributed by atoms with Gasteiger partial charge in [-0.3, -0.25) is 9.48 Å². The molecular weight excluding hydrogens is 342 g/mol. The quantitative estimate of drug-likeness (QED) is 0.835. The number of likely N-dealkylation sites (tertiary alicyclic amines) is 1. The first-order valence-corrected chi connectivity index (χ1v) is 8.50. The SMILES string of the molecule is CC1CCCCN1C(=O)c1ccc(Cn2cc(Br)cn2)cc1. The van der Waals surface area contributed by atoms with Crippen molar-refractivity contribution in [3.63, 3.8) is 0 Å². The van der Waals surface area contributed by atoms with Crippen LogP contribution in [0.1, 0.15) is 42.1 Å². The van der Waals surface area contributed by atoms with Crippen LogP contribution in [0.4, 0.5) is 0 Å². The van der Waals surface area contributed by atoms with Crippen molar-refractivity contribution in [3.8, 4) is 0 Å². The van der Waals surface area contributed by atoms with E-state index < -0.39 is 0 Å². The van der Waals surface area contributed by atoms with E-state index in [9.17, 15) is 4.79 Å². The van der Waals surface area contributed by atoms with Crippen LogP contribution in [0.2, 0.25) is 0 Å². The van der Waals surface area contributed by atoms with Crippen LogP contribution < -0.4 is 0 Å². The van der Waals surface area contributed by atoms with Crippen molar-refractivity contribution >= 4 is 21.8 Å². The van der Waals surface area contributed by atoms with Gasteiger partial charge in [-0.15, -0.1) is 0 Å². The van der Waals surface area contributed by atoms with Crippen LogP contribution in [-0.2, 0) is 6.54 Å². The van der Waals surface area contributed by atoms with Gasteiger partial charge in [0.15, 0.2) is 0 Å². The number of carbonyl (C=O) groups excluding carboxylic acids is 1. The van der Waals surface area contributed by atoms with Gasteiger partial charge in [0.05, 0.1) is 17.2 Å². The molecule has 22 heavy (non-hydrogen) atoms. The molecule has 0 radical (unpaired) electrons. The summed E-state index contributed by atoms with van der Waals surface area (Å²) in [6, 6.07) is 8.23. The van der Waals surface area contributed by atoms with E-state index in [0.717, 1.165) is 35.0 Å². The number of halogens is 1. The zero-order valence-corrected chi connectivity index (χ0v) is 14.3. The van der Waals surface area contributed by atoms with Gasteiger partial charge in [-0.2, -0.15) is 5.10 Å². The fourth-order valence-corrected chi connectivity index (χ4v) is 3.26. The predicted molar refractivity (Wildman–Crippen MR) is 89.8 cm³/mol. The molecule has 2 heterocycles. The summed E-state index contributed by atoms with van der Waals surface area (Å²) in [5.41, 5.74) is 1.91. The maximum absolute atomic E-state index is 12.6. The van der Waals surface area contributed by atoms with Gasteiger partial charge in [-0.05, 0) is 59.8 Å². The van der Waals surface area contributed by atoms with Crippen molar-refractivity contribution in [3.05, 3.63) is 52.3 Å². The molecule has 4 nitrogen and oxygen atoms in total. The highest BCUT2D eigenvalue weighted by Gasteiger charge is 2.23. The van der Waals surface area contributed by atoms with Crippen molar-refractivity contribution in [1.29, 1.82) is 0 Å². The Morgan fingerprint density at radius 1 is 1.32 bits per heavy atom. The number of aromatic nitrogens is 2. The second-order valence-corrected chi connectivity index (χ2v) is 6.81. The number of rotatable bonds is 3. The minimum Gasteiger partial charge on any atom is -0.336 e. The topological polar surface area (TPSA) is 38.1 Å². The lowest BCUT2D eigenvalue weighted by atomic mass is 10.0. The monoisotopic (exact) mass is 361 g/mol. The Kier molecular flexibility index (Phi) is 4.62. The van der Waals surface area contributed by atoms with Gasteiger partial charge in [0.2, 0.25) is 0 Å². The first-order valence-electron chi connectivity index (χ1n) is 7.71. The zero-order chi connectivity index (χ0) is 15.5. The van der Waals surface area contributed by atoms with E-state index in [-0.39, 0.29) is 5.91 Å². The maximum Gasteiger partial charge on any atom is 0.254 e. The molecular formula is C17H20BrN3O. The standard InChI is InChI=1S/C17H20BrN3O/c1-13-4-2-3-9-21(13)17(22)15-7-5-14(6-8-15)11-20-12-16(18)10-19-20/h5-8,10,12-13H,2-4,9,11H2,1H3. The van der Waals surface area contributed by atoms with Gasteiger partial charge in [0.1, 0.15) is 0 Å². The van der Waals surface area contributed by atoms with Crippen molar-refractivity contribution in [1.82, 2.24) is 14.7 Å². The molecule has 1 amide bonds. The van der Waals surface area contributed by atoms with E-state index in [0.29, 0.717) is 12.6 Å². The Balaban J connectivity index is 1.69. The van der Waals surface area contributed by atoms with Crippen molar-refractivity contribution in [2.75, 3.05) is 6.54 Å². The molecule has 1 unspecified atom stereocenters. The number of benzene rings is 1. The zero-order valence-electron chi connectivity index (χ0n) is 12.7. The maximum atomic E-state index is 12.6. The summed E-state index contributed by atoms with van der Waals surface area (Å²) >= 11 is 3.39. The van der Waals surface area contributed by atoms with E-state index in [1.807, 2.05) is 40.0 Å². The summed E-state index contributed by atoms with van der Waals surface area (Å²) in [6.45, 7) is 3.73. The lowest BCUT2D eigenvalue weighted by Gasteiger charge is -2.33. The van der Waals surface area contributed by atoms with Crippen LogP contribution in [-0.4, -0.2) is 33.2 Å². The molecule has 1 aliphatic heterocycles. The molecule has 1 saturated heterocycles. The average Bonchev–Trinajstić information content (AvgIpc) is 2.93. The second-order valence-electron chi connectivity index (χ2n) is 5.90. The largest absolute Gasteiger partial charge is 0.336 e. The fraction of sp³-hybridized carbons (Fsp3) is 0.412. The third-order valence-corrected chi connectivity index (χ3v) is 4.62. The first-order chi connectivity index (χ1) is 10.6. The van der Waals surface area contributed by atoms with Gasteiger partial charge in [0.25, 0.3) is 5.91 Å². The first kappa shape index (κ1) is 15.3. The van der Waals surface area contributed by atoms with Gasteiger partial charge in [-0.1, -0.05) is 12.1 Å². The highest BCUT2D eigenvalue weighted by Crippen LogP contribution is 2.19. The number of carbonyl (C=O) groups is 1. The molecule has 1 fully saturated rings. The molecule has 0 N–H and O–H groups in total. The summed E-state index contributed by atoms with van der Waals surface area (Å²) in [5.74, 6) is 0.153. The summed E-state index contributed by atoms with van der Waals surface area (Å²) in [6.07, 6.45) is 7.16. The summed E-state index contributed by atoms with van der Waals surface area (Å²) in [4.78, 5) is 14.6. The number of piperidine rings is 1. The Bertz CT molecular complexity index is 650. The number of amides is 1. The summed E-state index contributed by atoms with van der Waals surface area (Å²) in [5, 5.41) is 4.25. The molecule has 2 aromatic rings. The normalized spacial score (nSPS) is 18.5. The van der Waals surface area contributed by atoms with Crippen LogP contribution in [0.5, 0.6) is 0 Å². The molecule has 5 heteroatoms. The lowest BCUT2D eigenvalue weighted by molar-refractivity contribution is 0.0635. The third kappa shape index (κ3) is 3.40. The average molecular weight is 362 g/mol. The van der Waals surface area contributed by atoms with E-state index in [2.05, 4.69) is 28.0 Å². The molecule has 3 rings (SSSR count). The third-order valence-electron chi connectivity index (χ3n) is 4.21. The number of nitrogens with zero attached hydrogens (tertiary/aromatic N) is 3. The van der Waals surface area contributed by atoms with Crippen LogP contribution in [0.15, 0.2) is 41.1 Å². The number of hydrogen-bond donors (Lipinski definition) is 0. The Hall–Kier alpha value is -1.62. The minimum atomic E-state index is 0.153. The van der Waals surface area contributed by atoms with E-state index in [4.69, 9.17) is 0 Å². The lowest BCUT2D eigenvalue weighted by Crippen LogP contribution is -2.42. The van der Waals surface area contributed by atoms with Crippen LogP contribution in [0.25, 0.3) is 0 Å². The van der Waals surface area contributed by atoms with E-state index in [1.54, 1.807) is 6.20 Å². The molecule has 1 aromatic heterocycles. The Morgan fingerprint density at radius 2 is 2.09 bits per heavy atom. The number of hydrogen-bond acceptors (Lipinski definition) is 2. The molecule has 0 spiro atoms. The van der Waals surface area contributed by atoms with Crippen molar-refractivity contribution in [2.24, 2.45) is 0 Å². The molecule has 116 valence electrons. The summed E-state index contributed by atoms with van der Waals surface area (Å²) in [7, 11) is 0. The Morgan fingerprint density at radius 3 is 2.73 bits per heavy atom. The molecule has 0 aliphatic carbocycles. The van der Waals surface area contributed by atoms with Gasteiger partial charge in [-0.25, -0.2) is 0 Å². The van der Waals surface area contributed by atoms with Crippen LogP contribution in [0, 0.1) is 0 Å². The van der Waals surface area contributed by atoms with Gasteiger partial charge < -0.3 is 4.90 Å². The molecule has 1 aromatic carbocycles. The predicted octanol–water partition coefficient (Wildman–Crippen LogP) is 3.71.